The summed E-state index contributed by atoms with van der Waals surface area (Å²) in [4.78, 5) is 2.51. The van der Waals surface area contributed by atoms with E-state index in [4.69, 9.17) is 10.5 Å². The van der Waals surface area contributed by atoms with E-state index in [9.17, 15) is 0 Å². The molecule has 0 bridgehead atoms. The van der Waals surface area contributed by atoms with Crippen LogP contribution in [0.15, 0.2) is 42.5 Å². The third-order valence-corrected chi connectivity index (χ3v) is 4.40. The predicted octanol–water partition coefficient (Wildman–Crippen LogP) is 2.95. The van der Waals surface area contributed by atoms with Crippen molar-refractivity contribution in [3.63, 3.8) is 0 Å². The Morgan fingerprint density at radius 1 is 1.19 bits per heavy atom. The Hall–Kier alpha value is -1.42. The lowest BCUT2D eigenvalue weighted by Gasteiger charge is -2.43. The minimum Gasteiger partial charge on any atom is -0.374 e. The highest BCUT2D eigenvalue weighted by Gasteiger charge is 2.34. The quantitative estimate of drug-likeness (QED) is 0.942. The summed E-state index contributed by atoms with van der Waals surface area (Å²) in [6.07, 6.45) is 0.0716. The maximum Gasteiger partial charge on any atom is 0.0894 e. The second-order valence-electron chi connectivity index (χ2n) is 6.03. The first-order chi connectivity index (χ1) is 10.2. The van der Waals surface area contributed by atoms with Crippen LogP contribution in [0.4, 0.5) is 0 Å². The van der Waals surface area contributed by atoms with Crippen molar-refractivity contribution in [1.82, 2.24) is 4.90 Å². The lowest BCUT2D eigenvalue weighted by molar-refractivity contribution is -0.0788. The summed E-state index contributed by atoms with van der Waals surface area (Å²) in [7, 11) is 0. The summed E-state index contributed by atoms with van der Waals surface area (Å²) in [6.45, 7) is 6.77. The second-order valence-corrected chi connectivity index (χ2v) is 6.03. The van der Waals surface area contributed by atoms with Crippen LogP contribution in [0.5, 0.6) is 0 Å². The van der Waals surface area contributed by atoms with E-state index in [2.05, 4.69) is 61.2 Å². The molecule has 2 atom stereocenters. The number of fused-ring (bicyclic) bond motifs is 1. The van der Waals surface area contributed by atoms with E-state index in [-0.39, 0.29) is 12.1 Å². The molecule has 3 rings (SSSR count). The second kappa shape index (κ2) is 6.14. The summed E-state index contributed by atoms with van der Waals surface area (Å²) in [5.74, 6) is 0. The van der Waals surface area contributed by atoms with E-state index in [1.807, 2.05) is 0 Å². The van der Waals surface area contributed by atoms with Crippen molar-refractivity contribution in [2.45, 2.75) is 32.0 Å². The van der Waals surface area contributed by atoms with E-state index in [0.717, 1.165) is 13.2 Å². The first-order valence-corrected chi connectivity index (χ1v) is 7.77. The Balaban J connectivity index is 2.02. The van der Waals surface area contributed by atoms with Crippen molar-refractivity contribution in [3.8, 4) is 0 Å². The number of hydrogen-bond acceptors (Lipinski definition) is 3. The van der Waals surface area contributed by atoms with Crippen LogP contribution in [-0.2, 0) is 4.74 Å². The lowest BCUT2D eigenvalue weighted by Crippen LogP contribution is -2.50. The van der Waals surface area contributed by atoms with Crippen molar-refractivity contribution in [2.24, 2.45) is 5.73 Å². The Bertz CT molecular complexity index is 611. The number of hydrogen-bond donors (Lipinski definition) is 1. The van der Waals surface area contributed by atoms with Gasteiger partial charge in [-0.2, -0.15) is 0 Å². The van der Waals surface area contributed by atoms with Crippen LogP contribution in [0.2, 0.25) is 0 Å². The molecule has 2 aromatic rings. The van der Waals surface area contributed by atoms with E-state index >= 15 is 0 Å². The molecule has 2 unspecified atom stereocenters. The van der Waals surface area contributed by atoms with Gasteiger partial charge in [0.2, 0.25) is 0 Å². The molecular formula is C18H24N2O. The molecule has 0 spiro atoms. The normalized spacial score (nSPS) is 23.8. The Morgan fingerprint density at radius 2 is 1.95 bits per heavy atom. The fourth-order valence-electron chi connectivity index (χ4n) is 3.33. The Labute approximate surface area is 126 Å². The number of morpholine rings is 1. The van der Waals surface area contributed by atoms with Crippen molar-refractivity contribution >= 4 is 10.8 Å². The molecule has 3 heteroatoms. The average molecular weight is 284 g/mol. The highest BCUT2D eigenvalue weighted by atomic mass is 16.5. The molecule has 1 aliphatic heterocycles. The molecule has 1 aliphatic rings. The largest absolute Gasteiger partial charge is 0.374 e. The van der Waals surface area contributed by atoms with Crippen molar-refractivity contribution in [3.05, 3.63) is 48.0 Å². The van der Waals surface area contributed by atoms with Crippen molar-refractivity contribution < 1.29 is 4.74 Å². The summed E-state index contributed by atoms with van der Waals surface area (Å²) in [6, 6.07) is 15.9. The monoisotopic (exact) mass is 284 g/mol. The van der Waals surface area contributed by atoms with E-state index in [0.29, 0.717) is 12.6 Å². The van der Waals surface area contributed by atoms with Gasteiger partial charge in [0.05, 0.1) is 18.8 Å². The van der Waals surface area contributed by atoms with E-state index in [1.165, 1.54) is 16.3 Å². The zero-order chi connectivity index (χ0) is 14.8. The zero-order valence-electron chi connectivity index (χ0n) is 12.8. The van der Waals surface area contributed by atoms with Crippen LogP contribution >= 0.6 is 0 Å². The summed E-state index contributed by atoms with van der Waals surface area (Å²) in [5.41, 5.74) is 7.26. The summed E-state index contributed by atoms with van der Waals surface area (Å²) < 4.78 is 5.92. The first kappa shape index (κ1) is 14.5. The molecule has 2 aromatic carbocycles. The number of ether oxygens (including phenoxy) is 1. The topological polar surface area (TPSA) is 38.5 Å². The molecule has 0 saturated carbocycles. The van der Waals surface area contributed by atoms with Gasteiger partial charge in [-0.1, -0.05) is 36.4 Å². The van der Waals surface area contributed by atoms with Crippen molar-refractivity contribution in [1.29, 1.82) is 0 Å². The van der Waals surface area contributed by atoms with E-state index < -0.39 is 0 Å². The van der Waals surface area contributed by atoms with Gasteiger partial charge in [-0.25, -0.2) is 0 Å². The fourth-order valence-corrected chi connectivity index (χ4v) is 3.33. The molecule has 112 valence electrons. The molecule has 0 radical (unpaired) electrons. The fraction of sp³-hybridized carbons (Fsp3) is 0.444. The molecule has 0 aromatic heterocycles. The molecule has 1 saturated heterocycles. The molecule has 0 aliphatic carbocycles. The highest BCUT2D eigenvalue weighted by Crippen LogP contribution is 2.32. The molecule has 21 heavy (non-hydrogen) atoms. The van der Waals surface area contributed by atoms with Crippen LogP contribution in [0.3, 0.4) is 0 Å². The van der Waals surface area contributed by atoms with Gasteiger partial charge in [0.15, 0.2) is 0 Å². The van der Waals surface area contributed by atoms with Gasteiger partial charge in [0.25, 0.3) is 0 Å². The smallest absolute Gasteiger partial charge is 0.0894 e. The Morgan fingerprint density at radius 3 is 2.67 bits per heavy atom. The Kier molecular flexibility index (Phi) is 4.24. The van der Waals surface area contributed by atoms with Crippen LogP contribution in [0.1, 0.15) is 25.5 Å². The maximum atomic E-state index is 5.95. The lowest BCUT2D eigenvalue weighted by atomic mass is 9.94. The van der Waals surface area contributed by atoms with Gasteiger partial charge in [0.1, 0.15) is 0 Å². The number of benzene rings is 2. The SMILES string of the molecule is CC(C)N1CCOC(CN)C1c1ccc2ccccc2c1. The summed E-state index contributed by atoms with van der Waals surface area (Å²) in [5, 5.41) is 2.55. The van der Waals surface area contributed by atoms with Gasteiger partial charge in [-0.3, -0.25) is 4.90 Å². The average Bonchev–Trinajstić information content (AvgIpc) is 2.53. The maximum absolute atomic E-state index is 5.95. The van der Waals surface area contributed by atoms with Gasteiger partial charge in [0, 0.05) is 19.1 Å². The van der Waals surface area contributed by atoms with Gasteiger partial charge in [-0.15, -0.1) is 0 Å². The van der Waals surface area contributed by atoms with Gasteiger partial charge >= 0.3 is 0 Å². The van der Waals surface area contributed by atoms with Gasteiger partial charge < -0.3 is 10.5 Å². The third kappa shape index (κ3) is 2.82. The molecule has 1 fully saturated rings. The van der Waals surface area contributed by atoms with Crippen LogP contribution in [-0.4, -0.2) is 36.7 Å². The summed E-state index contributed by atoms with van der Waals surface area (Å²) >= 11 is 0. The van der Waals surface area contributed by atoms with Crippen LogP contribution < -0.4 is 5.73 Å². The zero-order valence-corrected chi connectivity index (χ0v) is 12.8. The minimum atomic E-state index is 0.0716. The number of nitrogens with zero attached hydrogens (tertiary/aromatic N) is 1. The first-order valence-electron chi connectivity index (χ1n) is 7.77. The highest BCUT2D eigenvalue weighted by molar-refractivity contribution is 5.83. The third-order valence-electron chi connectivity index (χ3n) is 4.40. The molecular weight excluding hydrogens is 260 g/mol. The molecule has 3 nitrogen and oxygen atoms in total. The molecule has 0 amide bonds. The molecule has 2 N–H and O–H groups in total. The van der Waals surface area contributed by atoms with Gasteiger partial charge in [-0.05, 0) is 36.2 Å². The molecule has 1 heterocycles. The number of nitrogens with two attached hydrogens (primary N) is 1. The van der Waals surface area contributed by atoms with Crippen LogP contribution in [0.25, 0.3) is 10.8 Å². The standard InChI is InChI=1S/C18H24N2O/c1-13(2)20-9-10-21-17(12-19)18(20)16-8-7-14-5-3-4-6-15(14)11-16/h3-8,11,13,17-18H,9-10,12,19H2,1-2H3. The van der Waals surface area contributed by atoms with Crippen LogP contribution in [0, 0.1) is 0 Å². The van der Waals surface area contributed by atoms with E-state index in [1.54, 1.807) is 0 Å². The predicted molar refractivity (Wildman–Crippen MR) is 87.3 cm³/mol. The van der Waals surface area contributed by atoms with Crippen molar-refractivity contribution in [2.75, 3.05) is 19.7 Å². The minimum absolute atomic E-state index is 0.0716. The number of rotatable bonds is 3.